The molecule has 0 heterocycles. The number of nitrogens with zero attached hydrogens (tertiary/aromatic N) is 1. The third kappa shape index (κ3) is 3.40. The highest BCUT2D eigenvalue weighted by Crippen LogP contribution is 2.13. The summed E-state index contributed by atoms with van der Waals surface area (Å²) in [6.07, 6.45) is 0. The summed E-state index contributed by atoms with van der Waals surface area (Å²) in [5.74, 6) is 0.488. The van der Waals surface area contributed by atoms with Crippen LogP contribution < -0.4 is 0 Å². The summed E-state index contributed by atoms with van der Waals surface area (Å²) in [5, 5.41) is 0. The Morgan fingerprint density at radius 1 is 1.10 bits per heavy atom. The SMILES string of the molecule is Cc1ccccc1CN(C)C(=O)c1ccc(CCl)cc1. The van der Waals surface area contributed by atoms with Crippen LogP contribution in [0.3, 0.4) is 0 Å². The molecule has 3 heteroatoms. The van der Waals surface area contributed by atoms with Gasteiger partial charge in [0.05, 0.1) is 0 Å². The summed E-state index contributed by atoms with van der Waals surface area (Å²) in [4.78, 5) is 14.1. The summed E-state index contributed by atoms with van der Waals surface area (Å²) >= 11 is 5.75. The first-order valence-electron chi connectivity index (χ1n) is 6.56. The molecule has 1 amide bonds. The van der Waals surface area contributed by atoms with Crippen LogP contribution in [0.4, 0.5) is 0 Å². The van der Waals surface area contributed by atoms with E-state index >= 15 is 0 Å². The molecule has 2 aromatic rings. The normalized spacial score (nSPS) is 10.3. The third-order valence-corrected chi connectivity index (χ3v) is 3.68. The average Bonchev–Trinajstić information content (AvgIpc) is 2.49. The zero-order chi connectivity index (χ0) is 14.5. The average molecular weight is 288 g/mol. The van der Waals surface area contributed by atoms with E-state index in [9.17, 15) is 4.79 Å². The number of halogens is 1. The standard InChI is InChI=1S/C17H18ClNO/c1-13-5-3-4-6-16(13)12-19(2)17(20)15-9-7-14(11-18)8-10-15/h3-10H,11-12H2,1-2H3. The highest BCUT2D eigenvalue weighted by atomic mass is 35.5. The van der Waals surface area contributed by atoms with Crippen molar-refractivity contribution in [3.63, 3.8) is 0 Å². The number of hydrogen-bond donors (Lipinski definition) is 0. The van der Waals surface area contributed by atoms with Crippen molar-refractivity contribution in [2.75, 3.05) is 7.05 Å². The Morgan fingerprint density at radius 3 is 2.35 bits per heavy atom. The maximum absolute atomic E-state index is 12.4. The smallest absolute Gasteiger partial charge is 0.253 e. The zero-order valence-electron chi connectivity index (χ0n) is 11.8. The van der Waals surface area contributed by atoms with Gasteiger partial charge in [-0.15, -0.1) is 11.6 Å². The Balaban J connectivity index is 2.10. The Labute approximate surface area is 125 Å². The Kier molecular flexibility index (Phi) is 4.80. The second-order valence-corrected chi connectivity index (χ2v) is 5.19. The van der Waals surface area contributed by atoms with Crippen molar-refractivity contribution in [3.05, 3.63) is 70.8 Å². The lowest BCUT2D eigenvalue weighted by Gasteiger charge is -2.18. The molecule has 0 spiro atoms. The van der Waals surface area contributed by atoms with Crippen molar-refractivity contribution in [2.45, 2.75) is 19.3 Å². The molecule has 0 radical (unpaired) electrons. The molecule has 0 aliphatic heterocycles. The Bertz CT molecular complexity index is 592. The quantitative estimate of drug-likeness (QED) is 0.778. The fourth-order valence-electron chi connectivity index (χ4n) is 2.07. The van der Waals surface area contributed by atoms with Crippen LogP contribution in [0.15, 0.2) is 48.5 Å². The minimum Gasteiger partial charge on any atom is -0.337 e. The molecular formula is C17H18ClNO. The number of alkyl halides is 1. The maximum Gasteiger partial charge on any atom is 0.253 e. The predicted octanol–water partition coefficient (Wildman–Crippen LogP) is 4.01. The van der Waals surface area contributed by atoms with Crippen molar-refractivity contribution in [1.29, 1.82) is 0 Å². The molecule has 0 atom stereocenters. The number of carbonyl (C=O) groups is 1. The van der Waals surface area contributed by atoms with E-state index in [1.54, 1.807) is 4.90 Å². The molecule has 0 aromatic heterocycles. The van der Waals surface area contributed by atoms with Crippen LogP contribution in [0.1, 0.15) is 27.0 Å². The van der Waals surface area contributed by atoms with Crippen LogP contribution in [0.5, 0.6) is 0 Å². The molecule has 2 rings (SSSR count). The van der Waals surface area contributed by atoms with E-state index in [0.29, 0.717) is 18.0 Å². The van der Waals surface area contributed by atoms with Crippen molar-refractivity contribution < 1.29 is 4.79 Å². The molecule has 0 bridgehead atoms. The van der Waals surface area contributed by atoms with Crippen molar-refractivity contribution >= 4 is 17.5 Å². The summed E-state index contributed by atoms with van der Waals surface area (Å²) in [5.41, 5.74) is 4.07. The highest BCUT2D eigenvalue weighted by Gasteiger charge is 2.12. The summed E-state index contributed by atoms with van der Waals surface area (Å²) in [7, 11) is 1.82. The van der Waals surface area contributed by atoms with Crippen LogP contribution in [0.25, 0.3) is 0 Å². The first-order chi connectivity index (χ1) is 9.61. The molecule has 2 nitrogen and oxygen atoms in total. The second kappa shape index (κ2) is 6.58. The topological polar surface area (TPSA) is 20.3 Å². The molecule has 0 saturated carbocycles. The number of hydrogen-bond acceptors (Lipinski definition) is 1. The van der Waals surface area contributed by atoms with Gasteiger partial charge in [-0.3, -0.25) is 4.79 Å². The highest BCUT2D eigenvalue weighted by molar-refractivity contribution is 6.17. The first kappa shape index (κ1) is 14.6. The lowest BCUT2D eigenvalue weighted by molar-refractivity contribution is 0.0785. The van der Waals surface area contributed by atoms with Gasteiger partial charge in [-0.2, -0.15) is 0 Å². The zero-order valence-corrected chi connectivity index (χ0v) is 12.5. The van der Waals surface area contributed by atoms with Crippen LogP contribution in [-0.2, 0) is 12.4 Å². The predicted molar refractivity (Wildman–Crippen MR) is 83.0 cm³/mol. The van der Waals surface area contributed by atoms with Gasteiger partial charge in [0, 0.05) is 25.0 Å². The minimum atomic E-state index is 0.0226. The fourth-order valence-corrected chi connectivity index (χ4v) is 2.25. The van der Waals surface area contributed by atoms with Crippen LogP contribution >= 0.6 is 11.6 Å². The van der Waals surface area contributed by atoms with Gasteiger partial charge >= 0.3 is 0 Å². The van der Waals surface area contributed by atoms with E-state index in [2.05, 4.69) is 19.1 Å². The van der Waals surface area contributed by atoms with Gasteiger partial charge in [0.25, 0.3) is 5.91 Å². The number of amides is 1. The maximum atomic E-state index is 12.4. The molecule has 0 aliphatic carbocycles. The van der Waals surface area contributed by atoms with Crippen LogP contribution in [-0.4, -0.2) is 17.9 Å². The number of rotatable bonds is 4. The largest absolute Gasteiger partial charge is 0.337 e. The molecule has 0 aliphatic rings. The Hall–Kier alpha value is -1.80. The number of carbonyl (C=O) groups excluding carboxylic acids is 1. The first-order valence-corrected chi connectivity index (χ1v) is 7.10. The van der Waals surface area contributed by atoms with Gasteiger partial charge < -0.3 is 4.90 Å². The van der Waals surface area contributed by atoms with E-state index < -0.39 is 0 Å². The van der Waals surface area contributed by atoms with Gasteiger partial charge in [-0.25, -0.2) is 0 Å². The van der Waals surface area contributed by atoms with Crippen LogP contribution in [0.2, 0.25) is 0 Å². The minimum absolute atomic E-state index is 0.0226. The van der Waals surface area contributed by atoms with Crippen molar-refractivity contribution in [2.24, 2.45) is 0 Å². The van der Waals surface area contributed by atoms with Crippen LogP contribution in [0, 0.1) is 6.92 Å². The summed E-state index contributed by atoms with van der Waals surface area (Å²) in [6.45, 7) is 2.67. The summed E-state index contributed by atoms with van der Waals surface area (Å²) in [6, 6.07) is 15.5. The van der Waals surface area contributed by atoms with E-state index in [4.69, 9.17) is 11.6 Å². The third-order valence-electron chi connectivity index (χ3n) is 3.37. The van der Waals surface area contributed by atoms with E-state index in [1.165, 1.54) is 11.1 Å². The molecule has 0 unspecified atom stereocenters. The van der Waals surface area contributed by atoms with E-state index in [-0.39, 0.29) is 5.91 Å². The van der Waals surface area contributed by atoms with E-state index in [0.717, 1.165) is 5.56 Å². The molecular weight excluding hydrogens is 270 g/mol. The number of aryl methyl sites for hydroxylation is 1. The lowest BCUT2D eigenvalue weighted by Crippen LogP contribution is -2.26. The molecule has 20 heavy (non-hydrogen) atoms. The number of benzene rings is 2. The Morgan fingerprint density at radius 2 is 1.75 bits per heavy atom. The van der Waals surface area contributed by atoms with Gasteiger partial charge in [0.1, 0.15) is 0 Å². The molecule has 0 N–H and O–H groups in total. The fraction of sp³-hybridized carbons (Fsp3) is 0.235. The molecule has 104 valence electrons. The molecule has 0 saturated heterocycles. The van der Waals surface area contributed by atoms with Gasteiger partial charge in [0.15, 0.2) is 0 Å². The van der Waals surface area contributed by atoms with Gasteiger partial charge in [-0.05, 0) is 35.7 Å². The lowest BCUT2D eigenvalue weighted by atomic mass is 10.1. The molecule has 2 aromatic carbocycles. The van der Waals surface area contributed by atoms with Gasteiger partial charge in [0.2, 0.25) is 0 Å². The summed E-state index contributed by atoms with van der Waals surface area (Å²) < 4.78 is 0. The van der Waals surface area contributed by atoms with Crippen molar-refractivity contribution in [3.8, 4) is 0 Å². The second-order valence-electron chi connectivity index (χ2n) is 4.92. The monoisotopic (exact) mass is 287 g/mol. The van der Waals surface area contributed by atoms with E-state index in [1.807, 2.05) is 43.4 Å². The molecule has 0 fully saturated rings. The van der Waals surface area contributed by atoms with Crippen molar-refractivity contribution in [1.82, 2.24) is 4.90 Å². The van der Waals surface area contributed by atoms with Gasteiger partial charge in [-0.1, -0.05) is 36.4 Å².